The Hall–Kier alpha value is -3.95. The van der Waals surface area contributed by atoms with Crippen LogP contribution in [0.25, 0.3) is 11.3 Å². The summed E-state index contributed by atoms with van der Waals surface area (Å²) in [6, 6.07) is 21.3. The number of piperidine rings is 1. The molecule has 2 aliphatic heterocycles. The smallest absolute Gasteiger partial charge is 0.270 e. The Morgan fingerprint density at radius 2 is 1.90 bits per heavy atom. The van der Waals surface area contributed by atoms with Crippen molar-refractivity contribution in [3.8, 4) is 11.3 Å². The molecule has 2 aromatic heterocycles. The van der Waals surface area contributed by atoms with Crippen LogP contribution in [0.15, 0.2) is 83.4 Å². The van der Waals surface area contributed by atoms with Crippen LogP contribution in [-0.2, 0) is 0 Å². The minimum Gasteiger partial charge on any atom is -0.459 e. The largest absolute Gasteiger partial charge is 0.459 e. The average molecular weight is 574 g/mol. The molecule has 2 fully saturated rings. The zero-order valence-electron chi connectivity index (χ0n) is 21.9. The summed E-state index contributed by atoms with van der Waals surface area (Å²) in [6.45, 7) is 4.27. The Morgan fingerprint density at radius 1 is 1.07 bits per heavy atom. The molecule has 0 radical (unpaired) electrons. The average Bonchev–Trinajstić information content (AvgIpc) is 3.59. The van der Waals surface area contributed by atoms with E-state index in [1.54, 1.807) is 18.3 Å². The summed E-state index contributed by atoms with van der Waals surface area (Å²) >= 11 is 12.7. The summed E-state index contributed by atoms with van der Waals surface area (Å²) in [5.74, 6) is 1.91. The number of nitro groups is 1. The molecule has 0 unspecified atom stereocenters. The molecule has 4 heterocycles. The SMILES string of the molecule is CC1CCN(c2ccc(N3C(=S)N[C@@H](c4ccccn4)[C@@H]3c3ccc(-c4cccc([N+](=O)[O-])c4)o3)cc2Cl)CC1. The van der Waals surface area contributed by atoms with Crippen LogP contribution in [0.4, 0.5) is 17.1 Å². The van der Waals surface area contributed by atoms with Gasteiger partial charge in [-0.15, -0.1) is 0 Å². The lowest BCUT2D eigenvalue weighted by Crippen LogP contribution is -2.33. The quantitative estimate of drug-likeness (QED) is 0.146. The van der Waals surface area contributed by atoms with Crippen LogP contribution in [0.2, 0.25) is 5.02 Å². The van der Waals surface area contributed by atoms with E-state index >= 15 is 0 Å². The summed E-state index contributed by atoms with van der Waals surface area (Å²) in [5, 5.41) is 16.0. The van der Waals surface area contributed by atoms with Crippen molar-refractivity contribution in [2.45, 2.75) is 31.8 Å². The van der Waals surface area contributed by atoms with E-state index in [9.17, 15) is 10.1 Å². The Morgan fingerprint density at radius 3 is 2.62 bits per heavy atom. The molecule has 2 aromatic carbocycles. The molecule has 0 aliphatic carbocycles. The molecule has 204 valence electrons. The summed E-state index contributed by atoms with van der Waals surface area (Å²) in [6.07, 6.45) is 4.05. The molecule has 1 N–H and O–H groups in total. The van der Waals surface area contributed by atoms with E-state index in [2.05, 4.69) is 28.2 Å². The number of halogens is 1. The maximum atomic E-state index is 11.3. The highest BCUT2D eigenvalue weighted by atomic mass is 35.5. The van der Waals surface area contributed by atoms with Crippen molar-refractivity contribution in [3.63, 3.8) is 0 Å². The highest BCUT2D eigenvalue weighted by Crippen LogP contribution is 2.44. The Labute approximate surface area is 242 Å². The lowest BCUT2D eigenvalue weighted by molar-refractivity contribution is -0.384. The fourth-order valence-electron chi connectivity index (χ4n) is 5.51. The summed E-state index contributed by atoms with van der Waals surface area (Å²) in [7, 11) is 0. The number of benzene rings is 2. The minimum absolute atomic E-state index is 0.00467. The number of hydrogen-bond acceptors (Lipinski definition) is 6. The number of non-ortho nitro benzene ring substituents is 1. The second-order valence-electron chi connectivity index (χ2n) is 10.3. The third-order valence-electron chi connectivity index (χ3n) is 7.69. The van der Waals surface area contributed by atoms with Crippen molar-refractivity contribution in [3.05, 3.63) is 106 Å². The Kier molecular flexibility index (Phi) is 7.16. The predicted molar refractivity (Wildman–Crippen MR) is 161 cm³/mol. The maximum absolute atomic E-state index is 11.3. The number of anilines is 2. The standard InChI is InChI=1S/C30H28ClN5O3S/c1-19-12-15-34(16-13-19)25-9-8-21(18-23(25)31)35-29(28(33-30(35)40)24-7-2-3-14-32-24)27-11-10-26(39-27)20-5-4-6-22(17-20)36(37)38/h2-11,14,17-19,28-29H,12-13,15-16H2,1H3,(H,33,40)/t28-,29-/m0/s1. The van der Waals surface area contributed by atoms with Gasteiger partial charge in [-0.1, -0.05) is 36.7 Å². The van der Waals surface area contributed by atoms with Gasteiger partial charge in [-0.05, 0) is 73.4 Å². The highest BCUT2D eigenvalue weighted by molar-refractivity contribution is 7.80. The predicted octanol–water partition coefficient (Wildman–Crippen LogP) is 7.32. The van der Waals surface area contributed by atoms with Crippen molar-refractivity contribution in [1.82, 2.24) is 10.3 Å². The molecule has 6 rings (SSSR count). The zero-order chi connectivity index (χ0) is 27.8. The van der Waals surface area contributed by atoms with E-state index in [1.807, 2.05) is 47.4 Å². The van der Waals surface area contributed by atoms with E-state index < -0.39 is 4.92 Å². The van der Waals surface area contributed by atoms with Crippen LogP contribution in [0.1, 0.15) is 43.3 Å². The number of hydrogen-bond donors (Lipinski definition) is 1. The van der Waals surface area contributed by atoms with E-state index in [0.717, 1.165) is 48.9 Å². The van der Waals surface area contributed by atoms with Crippen molar-refractivity contribution in [2.24, 2.45) is 5.92 Å². The van der Waals surface area contributed by atoms with Crippen molar-refractivity contribution >= 4 is 46.0 Å². The molecule has 4 aromatic rings. The molecule has 2 saturated heterocycles. The highest BCUT2D eigenvalue weighted by Gasteiger charge is 2.43. The molecule has 0 bridgehead atoms. The van der Waals surface area contributed by atoms with Gasteiger partial charge >= 0.3 is 0 Å². The Bertz CT molecular complexity index is 1550. The van der Waals surface area contributed by atoms with E-state index in [-0.39, 0.29) is 17.8 Å². The molecule has 0 spiro atoms. The minimum atomic E-state index is -0.413. The van der Waals surface area contributed by atoms with Crippen LogP contribution in [0.3, 0.4) is 0 Å². The molecule has 0 amide bonds. The van der Waals surface area contributed by atoms with Gasteiger partial charge < -0.3 is 19.5 Å². The molecule has 40 heavy (non-hydrogen) atoms. The maximum Gasteiger partial charge on any atom is 0.270 e. The number of thiocarbonyl (C=S) groups is 1. The second-order valence-corrected chi connectivity index (χ2v) is 11.1. The lowest BCUT2D eigenvalue weighted by Gasteiger charge is -2.33. The normalized spacial score (nSPS) is 19.6. The monoisotopic (exact) mass is 573 g/mol. The molecular weight excluding hydrogens is 546 g/mol. The van der Waals surface area contributed by atoms with Crippen molar-refractivity contribution in [1.29, 1.82) is 0 Å². The first-order chi connectivity index (χ1) is 19.4. The Balaban J connectivity index is 1.38. The number of pyridine rings is 1. The first-order valence-corrected chi connectivity index (χ1v) is 14.1. The van der Waals surface area contributed by atoms with Gasteiger partial charge in [0.25, 0.3) is 5.69 Å². The molecule has 8 nitrogen and oxygen atoms in total. The van der Waals surface area contributed by atoms with Gasteiger partial charge in [-0.2, -0.15) is 0 Å². The van der Waals surface area contributed by atoms with Crippen LogP contribution >= 0.6 is 23.8 Å². The number of rotatable bonds is 6. The van der Waals surface area contributed by atoms with Crippen LogP contribution in [0, 0.1) is 16.0 Å². The number of nitrogens with zero attached hydrogens (tertiary/aromatic N) is 4. The summed E-state index contributed by atoms with van der Waals surface area (Å²) in [5.41, 5.74) is 3.31. The first kappa shape index (κ1) is 26.3. The van der Waals surface area contributed by atoms with Gasteiger partial charge in [0.2, 0.25) is 0 Å². The molecular formula is C30H28ClN5O3S. The van der Waals surface area contributed by atoms with E-state index in [4.69, 9.17) is 28.2 Å². The van der Waals surface area contributed by atoms with E-state index in [0.29, 0.717) is 27.2 Å². The van der Waals surface area contributed by atoms with E-state index in [1.165, 1.54) is 12.1 Å². The van der Waals surface area contributed by atoms with Crippen LogP contribution < -0.4 is 15.1 Å². The fraction of sp³-hybridized carbons (Fsp3) is 0.267. The molecule has 10 heteroatoms. The number of nitro benzene ring substituents is 1. The van der Waals surface area contributed by atoms with Crippen LogP contribution in [-0.4, -0.2) is 28.1 Å². The topological polar surface area (TPSA) is 87.7 Å². The summed E-state index contributed by atoms with van der Waals surface area (Å²) < 4.78 is 6.37. The van der Waals surface area contributed by atoms with Gasteiger partial charge in [0.15, 0.2) is 5.11 Å². The van der Waals surface area contributed by atoms with Gasteiger partial charge in [-0.25, -0.2) is 0 Å². The van der Waals surface area contributed by atoms with Gasteiger partial charge in [0.1, 0.15) is 17.6 Å². The second kappa shape index (κ2) is 10.9. The van der Waals surface area contributed by atoms with Crippen molar-refractivity contribution < 1.29 is 9.34 Å². The summed E-state index contributed by atoms with van der Waals surface area (Å²) in [4.78, 5) is 19.9. The number of aromatic nitrogens is 1. The molecule has 0 saturated carbocycles. The molecule has 2 atom stereocenters. The molecule has 2 aliphatic rings. The number of furan rings is 1. The fourth-order valence-corrected chi connectivity index (χ4v) is 6.15. The van der Waals surface area contributed by atoms with Crippen LogP contribution in [0.5, 0.6) is 0 Å². The number of nitrogens with one attached hydrogen (secondary N) is 1. The van der Waals surface area contributed by atoms with Gasteiger partial charge in [0.05, 0.1) is 27.4 Å². The van der Waals surface area contributed by atoms with Gasteiger partial charge in [0, 0.05) is 42.7 Å². The van der Waals surface area contributed by atoms with Crippen molar-refractivity contribution in [2.75, 3.05) is 22.9 Å². The third kappa shape index (κ3) is 5.02. The lowest BCUT2D eigenvalue weighted by atomic mass is 9.98. The zero-order valence-corrected chi connectivity index (χ0v) is 23.4. The first-order valence-electron chi connectivity index (χ1n) is 13.3. The third-order valence-corrected chi connectivity index (χ3v) is 8.31. The van der Waals surface area contributed by atoms with Gasteiger partial charge in [-0.3, -0.25) is 15.1 Å².